The van der Waals surface area contributed by atoms with E-state index in [2.05, 4.69) is 31.0 Å². The van der Waals surface area contributed by atoms with Crippen molar-refractivity contribution in [2.75, 3.05) is 18.0 Å². The number of nitrogens with zero attached hydrogens (tertiary/aromatic N) is 2. The maximum Gasteiger partial charge on any atom is 0.186 e. The number of aromatic nitrogens is 1. The van der Waals surface area contributed by atoms with Crippen molar-refractivity contribution < 1.29 is 0 Å². The first kappa shape index (κ1) is 12.8. The van der Waals surface area contributed by atoms with Crippen LogP contribution in [0.15, 0.2) is 0 Å². The Morgan fingerprint density at radius 3 is 2.88 bits per heavy atom. The fraction of sp³-hybridized carbons (Fsp3) is 0.769. The maximum atomic E-state index is 4.82. The van der Waals surface area contributed by atoms with E-state index in [4.69, 9.17) is 4.98 Å². The molecule has 96 valence electrons. The van der Waals surface area contributed by atoms with Crippen LogP contribution < -0.4 is 10.2 Å². The molecule has 1 saturated heterocycles. The predicted octanol–water partition coefficient (Wildman–Crippen LogP) is 2.80. The first-order valence-electron chi connectivity index (χ1n) is 6.72. The van der Waals surface area contributed by atoms with E-state index < -0.39 is 0 Å². The lowest BCUT2D eigenvalue weighted by Gasteiger charge is -2.19. The van der Waals surface area contributed by atoms with E-state index >= 15 is 0 Å². The molecule has 0 saturated carbocycles. The Balaban J connectivity index is 2.15. The molecule has 0 spiro atoms. The molecule has 2 rings (SSSR count). The number of aryl methyl sites for hydroxylation is 1. The van der Waals surface area contributed by atoms with Crippen molar-refractivity contribution in [2.45, 2.75) is 52.6 Å². The summed E-state index contributed by atoms with van der Waals surface area (Å²) in [4.78, 5) is 8.71. The van der Waals surface area contributed by atoms with Gasteiger partial charge in [-0.05, 0) is 32.7 Å². The lowest BCUT2D eigenvalue weighted by atomic mass is 10.2. The highest BCUT2D eigenvalue weighted by atomic mass is 32.1. The fourth-order valence-electron chi connectivity index (χ4n) is 2.36. The van der Waals surface area contributed by atoms with Gasteiger partial charge < -0.3 is 10.2 Å². The minimum absolute atomic E-state index is 0.665. The molecule has 2 heterocycles. The predicted molar refractivity (Wildman–Crippen MR) is 74.9 cm³/mol. The smallest absolute Gasteiger partial charge is 0.186 e. The van der Waals surface area contributed by atoms with E-state index in [1.807, 2.05) is 11.3 Å². The lowest BCUT2D eigenvalue weighted by Crippen LogP contribution is -2.25. The zero-order valence-electron chi connectivity index (χ0n) is 11.1. The Morgan fingerprint density at radius 1 is 1.47 bits per heavy atom. The molecular formula is C13H23N3S. The van der Waals surface area contributed by atoms with Crippen molar-refractivity contribution in [2.24, 2.45) is 0 Å². The van der Waals surface area contributed by atoms with Gasteiger partial charge in [-0.25, -0.2) is 4.98 Å². The Hall–Kier alpha value is -0.610. The number of hydrogen-bond donors (Lipinski definition) is 1. The zero-order valence-corrected chi connectivity index (χ0v) is 11.9. The van der Waals surface area contributed by atoms with Gasteiger partial charge in [0, 0.05) is 24.0 Å². The van der Waals surface area contributed by atoms with E-state index in [0.29, 0.717) is 6.04 Å². The summed E-state index contributed by atoms with van der Waals surface area (Å²) in [7, 11) is 0. The second kappa shape index (κ2) is 5.83. The monoisotopic (exact) mass is 253 g/mol. The number of anilines is 1. The van der Waals surface area contributed by atoms with Crippen LogP contribution in [0.2, 0.25) is 0 Å². The van der Waals surface area contributed by atoms with Crippen LogP contribution in [0.1, 0.15) is 44.2 Å². The molecule has 0 radical (unpaired) electrons. The van der Waals surface area contributed by atoms with E-state index in [-0.39, 0.29) is 0 Å². The van der Waals surface area contributed by atoms with Gasteiger partial charge in [0.2, 0.25) is 0 Å². The highest BCUT2D eigenvalue weighted by molar-refractivity contribution is 7.15. The number of rotatable bonds is 5. The molecule has 4 heteroatoms. The van der Waals surface area contributed by atoms with Gasteiger partial charge in [-0.2, -0.15) is 0 Å². The molecule has 1 atom stereocenters. The topological polar surface area (TPSA) is 28.2 Å². The Morgan fingerprint density at radius 2 is 2.29 bits per heavy atom. The van der Waals surface area contributed by atoms with Crippen LogP contribution >= 0.6 is 11.3 Å². The lowest BCUT2D eigenvalue weighted by molar-refractivity contribution is 0.724. The van der Waals surface area contributed by atoms with Crippen molar-refractivity contribution in [1.29, 1.82) is 0 Å². The summed E-state index contributed by atoms with van der Waals surface area (Å²) in [5.74, 6) is 0. The van der Waals surface area contributed by atoms with Gasteiger partial charge in [0.05, 0.1) is 5.69 Å². The number of hydrogen-bond acceptors (Lipinski definition) is 4. The molecule has 3 nitrogen and oxygen atoms in total. The van der Waals surface area contributed by atoms with E-state index in [1.165, 1.54) is 35.1 Å². The molecule has 1 aliphatic rings. The summed E-state index contributed by atoms with van der Waals surface area (Å²) in [5, 5.41) is 4.64. The average molecular weight is 253 g/mol. The Bertz CT molecular complexity index is 362. The molecular weight excluding hydrogens is 230 g/mol. The third-order valence-corrected chi connectivity index (χ3v) is 4.57. The second-order valence-corrected chi connectivity index (χ2v) is 5.75. The first-order valence-corrected chi connectivity index (χ1v) is 7.53. The number of thiazole rings is 1. The molecule has 0 aliphatic carbocycles. The average Bonchev–Trinajstić information content (AvgIpc) is 2.91. The van der Waals surface area contributed by atoms with E-state index in [1.54, 1.807) is 0 Å². The van der Waals surface area contributed by atoms with Gasteiger partial charge in [0.25, 0.3) is 0 Å². The Labute approximate surface area is 108 Å². The van der Waals surface area contributed by atoms with Gasteiger partial charge in [-0.15, -0.1) is 11.3 Å². The molecule has 1 aromatic rings. The van der Waals surface area contributed by atoms with Crippen molar-refractivity contribution in [3.05, 3.63) is 10.6 Å². The molecule has 0 bridgehead atoms. The van der Waals surface area contributed by atoms with Gasteiger partial charge in [0.1, 0.15) is 0 Å². The van der Waals surface area contributed by atoms with Crippen LogP contribution in [0, 0.1) is 0 Å². The number of nitrogens with one attached hydrogen (secondary N) is 1. The highest BCUT2D eigenvalue weighted by Crippen LogP contribution is 2.31. The summed E-state index contributed by atoms with van der Waals surface area (Å²) >= 11 is 1.88. The molecule has 1 N–H and O–H groups in total. The normalized spacial score (nSPS) is 20.2. The molecule has 0 amide bonds. The van der Waals surface area contributed by atoms with Gasteiger partial charge in [0.15, 0.2) is 5.13 Å². The largest absolute Gasteiger partial charge is 0.345 e. The van der Waals surface area contributed by atoms with Crippen molar-refractivity contribution >= 4 is 16.5 Å². The fourth-order valence-corrected chi connectivity index (χ4v) is 3.61. The summed E-state index contributed by atoms with van der Waals surface area (Å²) in [5.41, 5.74) is 1.28. The van der Waals surface area contributed by atoms with Crippen LogP contribution in [0.5, 0.6) is 0 Å². The van der Waals surface area contributed by atoms with Crippen LogP contribution in [0.3, 0.4) is 0 Å². The molecule has 1 aromatic heterocycles. The quantitative estimate of drug-likeness (QED) is 0.874. The minimum Gasteiger partial charge on any atom is -0.345 e. The Kier molecular flexibility index (Phi) is 4.40. The van der Waals surface area contributed by atoms with Crippen LogP contribution in [-0.2, 0) is 13.0 Å². The van der Waals surface area contributed by atoms with Crippen LogP contribution in [-0.4, -0.2) is 24.1 Å². The van der Waals surface area contributed by atoms with Crippen LogP contribution in [0.25, 0.3) is 0 Å². The molecule has 0 aromatic carbocycles. The molecule has 17 heavy (non-hydrogen) atoms. The van der Waals surface area contributed by atoms with Crippen molar-refractivity contribution in [1.82, 2.24) is 10.3 Å². The molecule has 1 unspecified atom stereocenters. The van der Waals surface area contributed by atoms with Gasteiger partial charge in [-0.3, -0.25) is 0 Å². The van der Waals surface area contributed by atoms with E-state index in [0.717, 1.165) is 19.5 Å². The van der Waals surface area contributed by atoms with Gasteiger partial charge in [-0.1, -0.05) is 13.8 Å². The summed E-state index contributed by atoms with van der Waals surface area (Å²) in [6.07, 6.45) is 3.66. The second-order valence-electron chi connectivity index (χ2n) is 4.68. The zero-order chi connectivity index (χ0) is 12.3. The van der Waals surface area contributed by atoms with Gasteiger partial charge >= 0.3 is 0 Å². The first-order chi connectivity index (χ1) is 8.26. The maximum absolute atomic E-state index is 4.82. The third kappa shape index (κ3) is 2.80. The molecule has 1 fully saturated rings. The van der Waals surface area contributed by atoms with Crippen molar-refractivity contribution in [3.63, 3.8) is 0 Å². The molecule has 1 aliphatic heterocycles. The SMILES string of the molecule is CCNCc1sc(N2CCCC2C)nc1CC. The van der Waals surface area contributed by atoms with Crippen molar-refractivity contribution in [3.8, 4) is 0 Å². The van der Waals surface area contributed by atoms with E-state index in [9.17, 15) is 0 Å². The third-order valence-electron chi connectivity index (χ3n) is 3.44. The standard InChI is InChI=1S/C13H23N3S/c1-4-11-12(9-14-5-2)17-13(15-11)16-8-6-7-10(16)3/h10,14H,4-9H2,1-3H3. The summed E-state index contributed by atoms with van der Waals surface area (Å²) < 4.78 is 0. The minimum atomic E-state index is 0.665. The van der Waals surface area contributed by atoms with Crippen LogP contribution in [0.4, 0.5) is 5.13 Å². The summed E-state index contributed by atoms with van der Waals surface area (Å²) in [6, 6.07) is 0.665. The highest BCUT2D eigenvalue weighted by Gasteiger charge is 2.24. The summed E-state index contributed by atoms with van der Waals surface area (Å²) in [6.45, 7) is 9.83.